The number of halogens is 1. The van der Waals surface area contributed by atoms with Gasteiger partial charge in [-0.1, -0.05) is 11.6 Å². The first-order valence-corrected chi connectivity index (χ1v) is 8.96. The second kappa shape index (κ2) is 8.01. The number of carbonyl (C=O) groups is 1. The minimum atomic E-state index is -0.568. The van der Waals surface area contributed by atoms with Gasteiger partial charge in [-0.3, -0.25) is 14.9 Å². The van der Waals surface area contributed by atoms with Crippen molar-refractivity contribution in [2.75, 3.05) is 20.6 Å². The number of amides is 1. The Morgan fingerprint density at radius 1 is 1.37 bits per heavy atom. The number of hydrogen-bond donors (Lipinski definition) is 0. The van der Waals surface area contributed by atoms with Crippen LogP contribution in [-0.2, 0) is 6.54 Å². The molecule has 1 atom stereocenters. The van der Waals surface area contributed by atoms with Gasteiger partial charge in [-0.25, -0.2) is 0 Å². The highest BCUT2D eigenvalue weighted by molar-refractivity contribution is 6.31. The van der Waals surface area contributed by atoms with Gasteiger partial charge < -0.3 is 14.2 Å². The van der Waals surface area contributed by atoms with Crippen molar-refractivity contribution < 1.29 is 14.1 Å². The summed E-state index contributed by atoms with van der Waals surface area (Å²) in [6.45, 7) is 1.02. The SMILES string of the molecule is CN(C)Cc1nnc(C2CCCCN2C(=O)c2cc(Cl)cc([N+](=O)[O-])c2)o1. The molecule has 9 nitrogen and oxygen atoms in total. The van der Waals surface area contributed by atoms with Gasteiger partial charge in [-0.2, -0.15) is 0 Å². The van der Waals surface area contributed by atoms with Crippen LogP contribution in [0.4, 0.5) is 5.69 Å². The van der Waals surface area contributed by atoms with Crippen molar-refractivity contribution in [1.29, 1.82) is 0 Å². The van der Waals surface area contributed by atoms with Crippen LogP contribution in [0.1, 0.15) is 47.4 Å². The van der Waals surface area contributed by atoms with Gasteiger partial charge in [0.2, 0.25) is 11.8 Å². The first-order chi connectivity index (χ1) is 12.8. The van der Waals surface area contributed by atoms with Crippen molar-refractivity contribution in [2.45, 2.75) is 31.8 Å². The molecule has 3 rings (SSSR count). The summed E-state index contributed by atoms with van der Waals surface area (Å²) in [6, 6.07) is 3.55. The molecular weight excluding hydrogens is 374 g/mol. The zero-order valence-corrected chi connectivity index (χ0v) is 15.8. The van der Waals surface area contributed by atoms with E-state index in [-0.39, 0.29) is 28.2 Å². The minimum Gasteiger partial charge on any atom is -0.422 e. The van der Waals surface area contributed by atoms with Crippen LogP contribution in [0, 0.1) is 10.1 Å². The predicted molar refractivity (Wildman–Crippen MR) is 97.4 cm³/mol. The van der Waals surface area contributed by atoms with Crippen LogP contribution in [0.3, 0.4) is 0 Å². The van der Waals surface area contributed by atoms with Crippen molar-refractivity contribution in [1.82, 2.24) is 20.0 Å². The lowest BCUT2D eigenvalue weighted by molar-refractivity contribution is -0.384. The lowest BCUT2D eigenvalue weighted by Gasteiger charge is -2.33. The van der Waals surface area contributed by atoms with Crippen LogP contribution >= 0.6 is 11.6 Å². The number of rotatable bonds is 5. The Morgan fingerprint density at radius 2 is 2.15 bits per heavy atom. The van der Waals surface area contributed by atoms with Gasteiger partial charge in [0, 0.05) is 29.3 Å². The zero-order valence-electron chi connectivity index (χ0n) is 15.1. The number of nitrogens with zero attached hydrogens (tertiary/aromatic N) is 5. The van der Waals surface area contributed by atoms with Crippen LogP contribution in [0.2, 0.25) is 5.02 Å². The third-order valence-electron chi connectivity index (χ3n) is 4.32. The monoisotopic (exact) mass is 393 g/mol. The van der Waals surface area contributed by atoms with E-state index in [0.717, 1.165) is 12.8 Å². The highest BCUT2D eigenvalue weighted by atomic mass is 35.5. The molecule has 1 aliphatic heterocycles. The van der Waals surface area contributed by atoms with E-state index in [9.17, 15) is 14.9 Å². The van der Waals surface area contributed by atoms with E-state index in [1.54, 1.807) is 4.90 Å². The topological polar surface area (TPSA) is 106 Å². The molecule has 0 spiro atoms. The molecule has 0 saturated carbocycles. The number of carbonyl (C=O) groups excluding carboxylic acids is 1. The maximum Gasteiger partial charge on any atom is 0.271 e. The lowest BCUT2D eigenvalue weighted by Crippen LogP contribution is -2.38. The molecule has 144 valence electrons. The van der Waals surface area contributed by atoms with Gasteiger partial charge in [0.15, 0.2) is 0 Å². The maximum absolute atomic E-state index is 13.0. The van der Waals surface area contributed by atoms with Crippen LogP contribution < -0.4 is 0 Å². The molecule has 1 amide bonds. The van der Waals surface area contributed by atoms with Gasteiger partial charge >= 0.3 is 0 Å². The number of non-ortho nitro benzene ring substituents is 1. The second-order valence-corrected chi connectivity index (χ2v) is 7.17. The van der Waals surface area contributed by atoms with Gasteiger partial charge in [0.1, 0.15) is 6.04 Å². The van der Waals surface area contributed by atoms with Crippen molar-refractivity contribution in [3.63, 3.8) is 0 Å². The first-order valence-electron chi connectivity index (χ1n) is 8.58. The van der Waals surface area contributed by atoms with Crippen molar-refractivity contribution in [2.24, 2.45) is 0 Å². The summed E-state index contributed by atoms with van der Waals surface area (Å²) >= 11 is 5.96. The van der Waals surface area contributed by atoms with E-state index >= 15 is 0 Å². The van der Waals surface area contributed by atoms with Crippen LogP contribution in [0.25, 0.3) is 0 Å². The quantitative estimate of drug-likeness (QED) is 0.567. The van der Waals surface area contributed by atoms with Crippen molar-refractivity contribution in [3.8, 4) is 0 Å². The fraction of sp³-hybridized carbons (Fsp3) is 0.471. The summed E-state index contributed by atoms with van der Waals surface area (Å²) < 4.78 is 5.74. The number of nitro groups is 1. The Bertz CT molecular complexity index is 854. The number of nitro benzene ring substituents is 1. The molecule has 1 unspecified atom stereocenters. The van der Waals surface area contributed by atoms with E-state index in [1.165, 1.54) is 18.2 Å². The highest BCUT2D eigenvalue weighted by Gasteiger charge is 2.33. The van der Waals surface area contributed by atoms with E-state index in [1.807, 2.05) is 19.0 Å². The van der Waals surface area contributed by atoms with Gasteiger partial charge in [0.05, 0.1) is 11.5 Å². The summed E-state index contributed by atoms with van der Waals surface area (Å²) in [5.74, 6) is 0.528. The molecule has 1 aliphatic rings. The number of hydrogen-bond acceptors (Lipinski definition) is 7. The molecule has 1 fully saturated rings. The van der Waals surface area contributed by atoms with Gasteiger partial charge in [0.25, 0.3) is 11.6 Å². The number of aromatic nitrogens is 2. The standard InChI is InChI=1S/C17H20ClN5O4/c1-21(2)10-15-19-20-16(27-15)14-5-3-4-6-22(14)17(24)11-7-12(18)9-13(8-11)23(25)26/h7-9,14H,3-6,10H2,1-2H3. The minimum absolute atomic E-state index is 0.146. The number of benzene rings is 1. The molecule has 1 saturated heterocycles. The summed E-state index contributed by atoms with van der Waals surface area (Å²) in [4.78, 5) is 27.1. The maximum atomic E-state index is 13.0. The average molecular weight is 394 g/mol. The highest BCUT2D eigenvalue weighted by Crippen LogP contribution is 2.32. The van der Waals surface area contributed by atoms with Crippen LogP contribution in [0.15, 0.2) is 22.6 Å². The molecule has 0 bridgehead atoms. The normalized spacial score (nSPS) is 17.3. The Morgan fingerprint density at radius 3 is 2.85 bits per heavy atom. The van der Waals surface area contributed by atoms with Gasteiger partial charge in [-0.15, -0.1) is 10.2 Å². The van der Waals surface area contributed by atoms with Crippen molar-refractivity contribution >= 4 is 23.2 Å². The molecule has 2 heterocycles. The molecule has 2 aromatic rings. The summed E-state index contributed by atoms with van der Waals surface area (Å²) in [5.41, 5.74) is -0.0420. The van der Waals surface area contributed by atoms with E-state index < -0.39 is 4.92 Å². The smallest absolute Gasteiger partial charge is 0.271 e. The molecule has 1 aromatic carbocycles. The molecule has 0 N–H and O–H groups in total. The average Bonchev–Trinajstić information content (AvgIpc) is 3.08. The fourth-order valence-corrected chi connectivity index (χ4v) is 3.37. The lowest BCUT2D eigenvalue weighted by atomic mass is 10.0. The fourth-order valence-electron chi connectivity index (χ4n) is 3.14. The number of piperidine rings is 1. The van der Waals surface area contributed by atoms with E-state index in [4.69, 9.17) is 16.0 Å². The Kier molecular flexibility index (Phi) is 5.71. The summed E-state index contributed by atoms with van der Waals surface area (Å²) in [6.07, 6.45) is 2.46. The Hall–Kier alpha value is -2.52. The van der Waals surface area contributed by atoms with Gasteiger partial charge in [-0.05, 0) is 39.4 Å². The molecule has 0 aliphatic carbocycles. The molecule has 10 heteroatoms. The largest absolute Gasteiger partial charge is 0.422 e. The molecule has 1 aromatic heterocycles. The Labute approximate surface area is 161 Å². The molecular formula is C17H20ClN5O4. The second-order valence-electron chi connectivity index (χ2n) is 6.74. The van der Waals surface area contributed by atoms with Crippen molar-refractivity contribution in [3.05, 3.63) is 50.7 Å². The third kappa shape index (κ3) is 4.42. The van der Waals surface area contributed by atoms with E-state index in [0.29, 0.717) is 31.3 Å². The van der Waals surface area contributed by atoms with Crippen LogP contribution in [-0.4, -0.2) is 51.5 Å². The summed E-state index contributed by atoms with van der Waals surface area (Å²) in [7, 11) is 3.79. The number of likely N-dealkylation sites (tertiary alicyclic amines) is 1. The predicted octanol–water partition coefficient (Wildman–Crippen LogP) is 3.06. The summed E-state index contributed by atoms with van der Waals surface area (Å²) in [5, 5.41) is 19.4. The Balaban J connectivity index is 1.88. The molecule has 27 heavy (non-hydrogen) atoms. The first kappa shape index (κ1) is 19.2. The zero-order chi connectivity index (χ0) is 19.6. The third-order valence-corrected chi connectivity index (χ3v) is 4.54. The van der Waals surface area contributed by atoms with Crippen LogP contribution in [0.5, 0.6) is 0 Å². The van der Waals surface area contributed by atoms with E-state index in [2.05, 4.69) is 10.2 Å². The molecule has 0 radical (unpaired) electrons.